The van der Waals surface area contributed by atoms with Crippen LogP contribution < -0.4 is 5.32 Å². The Bertz CT molecular complexity index is 680. The van der Waals surface area contributed by atoms with Crippen LogP contribution in [0.4, 0.5) is 0 Å². The van der Waals surface area contributed by atoms with E-state index in [1.165, 1.54) is 0 Å². The molecule has 0 saturated heterocycles. The van der Waals surface area contributed by atoms with Crippen LogP contribution >= 0.6 is 11.6 Å². The zero-order chi connectivity index (χ0) is 17.7. The van der Waals surface area contributed by atoms with Crippen molar-refractivity contribution >= 4 is 17.5 Å². The van der Waals surface area contributed by atoms with Crippen molar-refractivity contribution in [1.29, 1.82) is 0 Å². The molecular formula is C18H24ClN3O2. The minimum Gasteiger partial charge on any atom is -0.396 e. The van der Waals surface area contributed by atoms with Crippen molar-refractivity contribution in [3.63, 3.8) is 0 Å². The van der Waals surface area contributed by atoms with Gasteiger partial charge in [0, 0.05) is 17.7 Å². The number of amides is 1. The standard InChI is InChI=1S/C18H24ClN3O2/c1-4-14(9-10-23)21-18(24)16-11-20-22(17(16)12(2)3)15-7-5-13(19)6-8-15/h5-8,11-12,14,23H,4,9-10H2,1-3H3,(H,21,24). The number of aliphatic hydroxyl groups is 1. The lowest BCUT2D eigenvalue weighted by atomic mass is 10.0. The quantitative estimate of drug-likeness (QED) is 0.803. The topological polar surface area (TPSA) is 67.2 Å². The fourth-order valence-corrected chi connectivity index (χ4v) is 2.80. The van der Waals surface area contributed by atoms with Gasteiger partial charge in [0.1, 0.15) is 0 Å². The molecule has 1 heterocycles. The fraction of sp³-hybridized carbons (Fsp3) is 0.444. The van der Waals surface area contributed by atoms with Gasteiger partial charge in [-0.05, 0) is 43.0 Å². The molecule has 0 fully saturated rings. The van der Waals surface area contributed by atoms with Crippen LogP contribution in [-0.4, -0.2) is 33.4 Å². The number of rotatable bonds is 7. The third-order valence-corrected chi connectivity index (χ3v) is 4.23. The van der Waals surface area contributed by atoms with Gasteiger partial charge in [-0.1, -0.05) is 32.4 Å². The smallest absolute Gasteiger partial charge is 0.255 e. The fourth-order valence-electron chi connectivity index (χ4n) is 2.67. The Morgan fingerprint density at radius 3 is 2.54 bits per heavy atom. The molecule has 1 atom stereocenters. The molecular weight excluding hydrogens is 326 g/mol. The molecule has 0 bridgehead atoms. The van der Waals surface area contributed by atoms with Crippen LogP contribution in [0.1, 0.15) is 55.6 Å². The number of hydrogen-bond acceptors (Lipinski definition) is 3. The predicted molar refractivity (Wildman–Crippen MR) is 95.9 cm³/mol. The first-order valence-electron chi connectivity index (χ1n) is 8.23. The van der Waals surface area contributed by atoms with E-state index >= 15 is 0 Å². The molecule has 0 aliphatic rings. The molecule has 24 heavy (non-hydrogen) atoms. The zero-order valence-corrected chi connectivity index (χ0v) is 15.0. The van der Waals surface area contributed by atoms with E-state index < -0.39 is 0 Å². The molecule has 5 nitrogen and oxygen atoms in total. The number of nitrogens with zero attached hydrogens (tertiary/aromatic N) is 2. The van der Waals surface area contributed by atoms with Crippen molar-refractivity contribution in [3.8, 4) is 5.69 Å². The molecule has 0 spiro atoms. The normalized spacial score (nSPS) is 12.4. The lowest BCUT2D eigenvalue weighted by Crippen LogP contribution is -2.35. The van der Waals surface area contributed by atoms with Crippen LogP contribution in [0.25, 0.3) is 5.69 Å². The highest BCUT2D eigenvalue weighted by atomic mass is 35.5. The molecule has 6 heteroatoms. The summed E-state index contributed by atoms with van der Waals surface area (Å²) in [7, 11) is 0. The molecule has 1 aromatic carbocycles. The highest BCUT2D eigenvalue weighted by molar-refractivity contribution is 6.30. The average Bonchev–Trinajstić information content (AvgIpc) is 3.00. The van der Waals surface area contributed by atoms with Crippen LogP contribution in [0, 0.1) is 0 Å². The van der Waals surface area contributed by atoms with Crippen LogP contribution in [0.15, 0.2) is 30.5 Å². The van der Waals surface area contributed by atoms with Crippen molar-refractivity contribution in [2.45, 2.75) is 45.6 Å². The van der Waals surface area contributed by atoms with E-state index in [1.807, 2.05) is 32.9 Å². The van der Waals surface area contributed by atoms with Gasteiger partial charge in [0.25, 0.3) is 5.91 Å². The first-order valence-corrected chi connectivity index (χ1v) is 8.61. The second-order valence-corrected chi connectivity index (χ2v) is 6.51. The maximum atomic E-state index is 12.6. The molecule has 0 aliphatic heterocycles. The van der Waals surface area contributed by atoms with Gasteiger partial charge in [-0.25, -0.2) is 4.68 Å². The predicted octanol–water partition coefficient (Wildman–Crippen LogP) is 3.54. The van der Waals surface area contributed by atoms with Gasteiger partial charge in [-0.15, -0.1) is 0 Å². The molecule has 130 valence electrons. The highest BCUT2D eigenvalue weighted by Gasteiger charge is 2.22. The maximum Gasteiger partial charge on any atom is 0.255 e. The Hall–Kier alpha value is -1.85. The largest absolute Gasteiger partial charge is 0.396 e. The first-order chi connectivity index (χ1) is 11.5. The van der Waals surface area contributed by atoms with E-state index in [0.29, 0.717) is 17.0 Å². The van der Waals surface area contributed by atoms with E-state index in [2.05, 4.69) is 10.4 Å². The van der Waals surface area contributed by atoms with Gasteiger partial charge in [-0.3, -0.25) is 4.79 Å². The maximum absolute atomic E-state index is 12.6. The summed E-state index contributed by atoms with van der Waals surface area (Å²) in [6, 6.07) is 7.32. The highest BCUT2D eigenvalue weighted by Crippen LogP contribution is 2.24. The summed E-state index contributed by atoms with van der Waals surface area (Å²) in [6.07, 6.45) is 2.92. The van der Waals surface area contributed by atoms with Crippen molar-refractivity contribution < 1.29 is 9.90 Å². The van der Waals surface area contributed by atoms with E-state index in [0.717, 1.165) is 17.8 Å². The summed E-state index contributed by atoms with van der Waals surface area (Å²) in [5.41, 5.74) is 2.29. The van der Waals surface area contributed by atoms with Gasteiger partial charge < -0.3 is 10.4 Å². The number of aromatic nitrogens is 2. The van der Waals surface area contributed by atoms with Crippen molar-refractivity contribution in [1.82, 2.24) is 15.1 Å². The van der Waals surface area contributed by atoms with Crippen LogP contribution in [0.5, 0.6) is 0 Å². The summed E-state index contributed by atoms with van der Waals surface area (Å²) in [5.74, 6) is -0.0268. The number of hydrogen-bond donors (Lipinski definition) is 2. The Labute approximate surface area is 147 Å². The minimum atomic E-state index is -0.154. The summed E-state index contributed by atoms with van der Waals surface area (Å²) in [6.45, 7) is 6.11. The second-order valence-electron chi connectivity index (χ2n) is 6.08. The Morgan fingerprint density at radius 1 is 1.33 bits per heavy atom. The molecule has 0 saturated carbocycles. The molecule has 0 aliphatic carbocycles. The molecule has 1 amide bonds. The average molecular weight is 350 g/mol. The Morgan fingerprint density at radius 2 is 2.00 bits per heavy atom. The van der Waals surface area contributed by atoms with E-state index in [9.17, 15) is 4.79 Å². The van der Waals surface area contributed by atoms with Crippen LogP contribution in [-0.2, 0) is 0 Å². The lowest BCUT2D eigenvalue weighted by molar-refractivity contribution is 0.0927. The summed E-state index contributed by atoms with van der Waals surface area (Å²) < 4.78 is 1.78. The second kappa shape index (κ2) is 8.31. The molecule has 1 unspecified atom stereocenters. The summed E-state index contributed by atoms with van der Waals surface area (Å²) in [5, 5.41) is 17.1. The lowest BCUT2D eigenvalue weighted by Gasteiger charge is -2.17. The van der Waals surface area contributed by atoms with E-state index in [4.69, 9.17) is 16.7 Å². The SMILES string of the molecule is CCC(CCO)NC(=O)c1cnn(-c2ccc(Cl)cc2)c1C(C)C. The number of carbonyl (C=O) groups excluding carboxylic acids is 1. The van der Waals surface area contributed by atoms with E-state index in [-0.39, 0.29) is 24.5 Å². The van der Waals surface area contributed by atoms with Crippen molar-refractivity contribution in [2.24, 2.45) is 0 Å². The van der Waals surface area contributed by atoms with Gasteiger partial charge in [0.05, 0.1) is 23.1 Å². The summed E-state index contributed by atoms with van der Waals surface area (Å²) in [4.78, 5) is 12.6. The Balaban J connectivity index is 2.34. The minimum absolute atomic E-state index is 0.0404. The van der Waals surface area contributed by atoms with Crippen molar-refractivity contribution in [2.75, 3.05) is 6.61 Å². The van der Waals surface area contributed by atoms with Gasteiger partial charge >= 0.3 is 0 Å². The monoisotopic (exact) mass is 349 g/mol. The van der Waals surface area contributed by atoms with Gasteiger partial charge in [-0.2, -0.15) is 5.10 Å². The summed E-state index contributed by atoms with van der Waals surface area (Å²) >= 11 is 5.95. The first kappa shape index (κ1) is 18.5. The number of carbonyl (C=O) groups is 1. The van der Waals surface area contributed by atoms with E-state index in [1.54, 1.807) is 23.0 Å². The van der Waals surface area contributed by atoms with Crippen LogP contribution in [0.3, 0.4) is 0 Å². The molecule has 2 aromatic rings. The third kappa shape index (κ3) is 4.16. The van der Waals surface area contributed by atoms with Crippen molar-refractivity contribution in [3.05, 3.63) is 46.7 Å². The molecule has 2 rings (SSSR count). The number of aliphatic hydroxyl groups excluding tert-OH is 1. The number of nitrogens with one attached hydrogen (secondary N) is 1. The third-order valence-electron chi connectivity index (χ3n) is 3.97. The van der Waals surface area contributed by atoms with Gasteiger partial charge in [0.2, 0.25) is 0 Å². The number of halogens is 1. The molecule has 1 aromatic heterocycles. The molecule has 2 N–H and O–H groups in total. The van der Waals surface area contributed by atoms with Crippen LogP contribution in [0.2, 0.25) is 5.02 Å². The zero-order valence-electron chi connectivity index (χ0n) is 14.3. The molecule has 0 radical (unpaired) electrons. The number of benzene rings is 1. The Kier molecular flexibility index (Phi) is 6.40. The van der Waals surface area contributed by atoms with Gasteiger partial charge in [0.15, 0.2) is 0 Å².